The van der Waals surface area contributed by atoms with Crippen LogP contribution in [0.25, 0.3) is 11.1 Å². The summed E-state index contributed by atoms with van der Waals surface area (Å²) in [5, 5.41) is 10.2. The second-order valence-corrected chi connectivity index (χ2v) is 11.1. The van der Waals surface area contributed by atoms with Crippen molar-refractivity contribution >= 4 is 39.1 Å². The third kappa shape index (κ3) is 4.55. The predicted molar refractivity (Wildman–Crippen MR) is 133 cm³/mol. The molecule has 1 aliphatic heterocycles. The molecule has 5 rings (SSSR count). The van der Waals surface area contributed by atoms with Crippen LogP contribution >= 0.6 is 11.6 Å². The van der Waals surface area contributed by atoms with E-state index in [-0.39, 0.29) is 15.4 Å². The molecule has 37 heavy (non-hydrogen) atoms. The Hall–Kier alpha value is -3.50. The number of amides is 2. The van der Waals surface area contributed by atoms with E-state index in [0.29, 0.717) is 37.6 Å². The van der Waals surface area contributed by atoms with Gasteiger partial charge in [0.1, 0.15) is 10.7 Å². The first-order valence-electron chi connectivity index (χ1n) is 11.5. The Morgan fingerprint density at radius 3 is 2.27 bits per heavy atom. The number of carbonyl (C=O) groups is 2. The molecule has 1 N–H and O–H groups in total. The summed E-state index contributed by atoms with van der Waals surface area (Å²) in [6.45, 7) is 0.962. The minimum atomic E-state index is -5.00. The van der Waals surface area contributed by atoms with Gasteiger partial charge in [-0.2, -0.15) is 4.31 Å². The number of phenolic OH excluding ortho intramolecular Hbond substituents is 1. The monoisotopic (exact) mass is 546 g/mol. The smallest absolute Gasteiger partial charge is 0.274 e. The Kier molecular flexibility index (Phi) is 6.41. The van der Waals surface area contributed by atoms with Crippen LogP contribution in [0.5, 0.6) is 5.75 Å². The quantitative estimate of drug-likeness (QED) is 0.471. The lowest BCUT2D eigenvalue weighted by atomic mass is 10.0. The van der Waals surface area contributed by atoms with E-state index in [2.05, 4.69) is 0 Å². The Morgan fingerprint density at radius 2 is 1.68 bits per heavy atom. The minimum absolute atomic E-state index is 0.107. The van der Waals surface area contributed by atoms with Crippen molar-refractivity contribution in [3.8, 4) is 16.9 Å². The van der Waals surface area contributed by atoms with Gasteiger partial charge in [0.15, 0.2) is 11.6 Å². The molecule has 0 radical (unpaired) electrons. The van der Waals surface area contributed by atoms with Gasteiger partial charge in [-0.15, -0.1) is 0 Å². The Labute approximate surface area is 216 Å². The van der Waals surface area contributed by atoms with Gasteiger partial charge in [0, 0.05) is 36.2 Å². The lowest BCUT2D eigenvalue weighted by molar-refractivity contribution is -0.118. The summed E-state index contributed by atoms with van der Waals surface area (Å²) in [4.78, 5) is 26.7. The van der Waals surface area contributed by atoms with E-state index in [4.69, 9.17) is 11.6 Å². The third-order valence-corrected chi connectivity index (χ3v) is 8.42. The zero-order valence-corrected chi connectivity index (χ0v) is 20.9. The molecule has 0 spiro atoms. The summed E-state index contributed by atoms with van der Waals surface area (Å²) < 4.78 is 58.0. The largest absolute Gasteiger partial charge is 0.505 e. The Bertz CT molecular complexity index is 1520. The van der Waals surface area contributed by atoms with Crippen molar-refractivity contribution in [2.75, 3.05) is 17.4 Å². The molecule has 1 aliphatic carbocycles. The van der Waals surface area contributed by atoms with Crippen molar-refractivity contribution in [3.05, 3.63) is 76.8 Å². The third-order valence-electron chi connectivity index (χ3n) is 6.40. The number of rotatable bonds is 6. The van der Waals surface area contributed by atoms with E-state index >= 15 is 4.39 Å². The normalized spacial score (nSPS) is 15.3. The van der Waals surface area contributed by atoms with Gasteiger partial charge in [-0.25, -0.2) is 17.2 Å². The number of likely N-dealkylation sites (tertiary alicyclic amines) is 1. The van der Waals surface area contributed by atoms with Gasteiger partial charge in [-0.1, -0.05) is 41.9 Å². The first kappa shape index (κ1) is 25.2. The molecular formula is C26H21ClF2N2O5S. The molecule has 1 saturated heterocycles. The van der Waals surface area contributed by atoms with Gasteiger partial charge >= 0.3 is 0 Å². The van der Waals surface area contributed by atoms with Crippen molar-refractivity contribution < 1.29 is 31.9 Å². The molecule has 0 bridgehead atoms. The van der Waals surface area contributed by atoms with E-state index < -0.39 is 60.7 Å². The second kappa shape index (κ2) is 9.42. The summed E-state index contributed by atoms with van der Waals surface area (Å²) >= 11 is 6.09. The van der Waals surface area contributed by atoms with Crippen LogP contribution in [-0.4, -0.2) is 43.3 Å². The molecule has 192 valence electrons. The summed E-state index contributed by atoms with van der Waals surface area (Å²) in [6, 6.07) is 11.6. The number of benzene rings is 3. The average Bonchev–Trinajstić information content (AvgIpc) is 3.67. The summed E-state index contributed by atoms with van der Waals surface area (Å²) in [7, 11) is -5.00. The summed E-state index contributed by atoms with van der Waals surface area (Å²) in [6.07, 6.45) is 1.57. The van der Waals surface area contributed by atoms with E-state index in [0.717, 1.165) is 24.6 Å². The van der Waals surface area contributed by atoms with E-state index in [1.165, 1.54) is 4.90 Å². The van der Waals surface area contributed by atoms with E-state index in [1.54, 1.807) is 30.3 Å². The van der Waals surface area contributed by atoms with Gasteiger partial charge in [-0.05, 0) is 43.0 Å². The molecule has 11 heteroatoms. The fourth-order valence-corrected chi connectivity index (χ4v) is 5.98. The van der Waals surface area contributed by atoms with Gasteiger partial charge in [0.25, 0.3) is 15.9 Å². The topological polar surface area (TPSA) is 95.0 Å². The van der Waals surface area contributed by atoms with Gasteiger partial charge in [-0.3, -0.25) is 9.59 Å². The van der Waals surface area contributed by atoms with Crippen molar-refractivity contribution in [3.63, 3.8) is 0 Å². The van der Waals surface area contributed by atoms with Gasteiger partial charge in [0.2, 0.25) is 5.91 Å². The molecule has 0 atom stereocenters. The lowest BCUT2D eigenvalue weighted by Crippen LogP contribution is -2.42. The molecule has 3 aromatic rings. The SMILES string of the molecule is O=C(c1cc(Cl)c(O)c(S(=O)(=O)N(C(=O)C2CC2)c2cc(-c3ccccc3)c(F)cc2F)c1)N1CCC1. The van der Waals surface area contributed by atoms with Crippen LogP contribution in [0.2, 0.25) is 5.02 Å². The average molecular weight is 547 g/mol. The number of phenols is 1. The molecule has 1 saturated carbocycles. The van der Waals surface area contributed by atoms with Crippen LogP contribution in [0.4, 0.5) is 14.5 Å². The molecule has 0 aromatic heterocycles. The molecule has 2 aliphatic rings. The molecule has 3 aromatic carbocycles. The highest BCUT2D eigenvalue weighted by Gasteiger charge is 2.43. The standard InChI is InChI=1S/C26H21ClF2N2O5S/c27-19-11-17(25(33)30-9-4-10-30)12-23(24(19)32)37(35,36)31(26(34)16-7-8-16)22-13-18(20(28)14-21(22)29)15-5-2-1-3-6-15/h1-3,5-6,11-14,16,32H,4,7-10H2. The van der Waals surface area contributed by atoms with Crippen LogP contribution in [0.3, 0.4) is 0 Å². The number of nitrogens with zero attached hydrogens (tertiary/aromatic N) is 2. The van der Waals surface area contributed by atoms with Crippen LogP contribution in [-0.2, 0) is 14.8 Å². The number of hydrogen-bond donors (Lipinski definition) is 1. The second-order valence-electron chi connectivity index (χ2n) is 8.98. The fraction of sp³-hybridized carbons (Fsp3) is 0.231. The minimum Gasteiger partial charge on any atom is -0.505 e. The predicted octanol–water partition coefficient (Wildman–Crippen LogP) is 4.97. The number of hydrogen-bond acceptors (Lipinski definition) is 5. The first-order chi connectivity index (χ1) is 17.6. The maximum absolute atomic E-state index is 15.2. The van der Waals surface area contributed by atoms with E-state index in [1.807, 2.05) is 0 Å². The number of carbonyl (C=O) groups excluding carboxylic acids is 2. The number of anilines is 1. The Balaban J connectivity index is 1.68. The molecule has 1 heterocycles. The highest BCUT2D eigenvalue weighted by molar-refractivity contribution is 7.93. The molecule has 2 amide bonds. The van der Waals surface area contributed by atoms with Crippen LogP contribution in [0.15, 0.2) is 59.5 Å². The maximum atomic E-state index is 15.2. The zero-order valence-electron chi connectivity index (χ0n) is 19.3. The van der Waals surface area contributed by atoms with Crippen LogP contribution in [0.1, 0.15) is 29.6 Å². The number of aromatic hydroxyl groups is 1. The molecule has 0 unspecified atom stereocenters. The van der Waals surface area contributed by atoms with E-state index in [9.17, 15) is 27.5 Å². The van der Waals surface area contributed by atoms with Crippen LogP contribution in [0, 0.1) is 17.6 Å². The highest BCUT2D eigenvalue weighted by Crippen LogP contribution is 2.41. The molecule has 7 nitrogen and oxygen atoms in total. The van der Waals surface area contributed by atoms with Crippen molar-refractivity contribution in [2.24, 2.45) is 5.92 Å². The maximum Gasteiger partial charge on any atom is 0.274 e. The number of sulfonamides is 1. The van der Waals surface area contributed by atoms with Gasteiger partial charge < -0.3 is 10.0 Å². The van der Waals surface area contributed by atoms with Crippen LogP contribution < -0.4 is 4.31 Å². The first-order valence-corrected chi connectivity index (χ1v) is 13.4. The van der Waals surface area contributed by atoms with Crippen molar-refractivity contribution in [1.29, 1.82) is 0 Å². The van der Waals surface area contributed by atoms with Crippen molar-refractivity contribution in [2.45, 2.75) is 24.2 Å². The number of halogens is 3. The lowest BCUT2D eigenvalue weighted by Gasteiger charge is -2.31. The highest BCUT2D eigenvalue weighted by atomic mass is 35.5. The molecular weight excluding hydrogens is 526 g/mol. The summed E-state index contributed by atoms with van der Waals surface area (Å²) in [5.74, 6) is -5.24. The zero-order chi connectivity index (χ0) is 26.5. The van der Waals surface area contributed by atoms with Crippen molar-refractivity contribution in [1.82, 2.24) is 4.90 Å². The molecule has 2 fully saturated rings. The Morgan fingerprint density at radius 1 is 1.00 bits per heavy atom. The summed E-state index contributed by atoms with van der Waals surface area (Å²) in [5.41, 5.74) is -0.591. The van der Waals surface area contributed by atoms with Gasteiger partial charge in [0.05, 0.1) is 10.7 Å². The fourth-order valence-electron chi connectivity index (χ4n) is 4.09.